The highest BCUT2D eigenvalue weighted by molar-refractivity contribution is 5.70. The molecule has 0 aromatic rings. The van der Waals surface area contributed by atoms with Gasteiger partial charge in [0.2, 0.25) is 5.84 Å². The van der Waals surface area contributed by atoms with Crippen molar-refractivity contribution in [1.82, 2.24) is 0 Å². The van der Waals surface area contributed by atoms with Crippen LogP contribution in [0.5, 0.6) is 0 Å². The number of nitrogens with one attached hydrogen (secondary N) is 1. The van der Waals surface area contributed by atoms with Crippen LogP contribution in [0.1, 0.15) is 26.7 Å². The molecule has 0 rings (SSSR count). The van der Waals surface area contributed by atoms with Gasteiger partial charge in [-0.25, -0.2) is 0 Å². The third-order valence-electron chi connectivity index (χ3n) is 0.934. The average molecular weight is 115 g/mol. The van der Waals surface area contributed by atoms with Gasteiger partial charge in [0.1, 0.15) is 0 Å². The largest absolute Gasteiger partial charge is 0.291 e. The molecule has 3 N–H and O–H groups in total. The van der Waals surface area contributed by atoms with Crippen LogP contribution in [0.3, 0.4) is 0 Å². The molecule has 2 nitrogen and oxygen atoms in total. The molecule has 0 amide bonds. The molecule has 0 spiro atoms. The molecule has 0 saturated heterocycles. The summed E-state index contributed by atoms with van der Waals surface area (Å²) in [5.41, 5.74) is 5.34. The van der Waals surface area contributed by atoms with E-state index in [2.05, 4.69) is 11.9 Å². The van der Waals surface area contributed by atoms with Gasteiger partial charge < -0.3 is 0 Å². The van der Waals surface area contributed by atoms with E-state index in [0.717, 1.165) is 12.4 Å². The van der Waals surface area contributed by atoms with Gasteiger partial charge in [0, 0.05) is 6.92 Å². The van der Waals surface area contributed by atoms with Gasteiger partial charge in [-0.3, -0.25) is 10.7 Å². The summed E-state index contributed by atoms with van der Waals surface area (Å²) >= 11 is 0. The second-order valence-corrected chi connectivity index (χ2v) is 1.96. The van der Waals surface area contributed by atoms with E-state index in [0.29, 0.717) is 0 Å². The van der Waals surface area contributed by atoms with Crippen molar-refractivity contribution in [1.29, 1.82) is 0 Å². The summed E-state index contributed by atoms with van der Waals surface area (Å²) in [7, 11) is 0. The molecule has 0 aliphatic carbocycles. The zero-order valence-electron chi connectivity index (χ0n) is 5.70. The molecule has 0 heterocycles. The first-order valence-corrected chi connectivity index (χ1v) is 3.10. The maximum atomic E-state index is 5.34. The van der Waals surface area contributed by atoms with Gasteiger partial charge in [-0.05, 0) is 6.42 Å². The highest BCUT2D eigenvalue weighted by Gasteiger charge is 1.83. The van der Waals surface area contributed by atoms with Crippen molar-refractivity contribution in [2.45, 2.75) is 26.7 Å². The monoisotopic (exact) mass is 115 g/mol. The van der Waals surface area contributed by atoms with E-state index >= 15 is 0 Å². The van der Waals surface area contributed by atoms with Crippen LogP contribution in [-0.2, 0) is 0 Å². The van der Waals surface area contributed by atoms with Gasteiger partial charge in [-0.15, -0.1) is 0 Å². The lowest BCUT2D eigenvalue weighted by Gasteiger charge is -1.85. The number of hydrogen-bond donors (Lipinski definition) is 2. The zero-order chi connectivity index (χ0) is 6.41. The van der Waals surface area contributed by atoms with Crippen LogP contribution in [0.25, 0.3) is 0 Å². The van der Waals surface area contributed by atoms with Crippen molar-refractivity contribution in [3.63, 3.8) is 0 Å². The third kappa shape index (κ3) is 5.47. The SMILES string of the molecule is CCCC[NH+]=C(C)N. The van der Waals surface area contributed by atoms with E-state index in [1.54, 1.807) is 0 Å². The van der Waals surface area contributed by atoms with Crippen LogP contribution in [-0.4, -0.2) is 12.4 Å². The fraction of sp³-hybridized carbons (Fsp3) is 0.833. The molecule has 0 unspecified atom stereocenters. The number of hydrogen-bond acceptors (Lipinski definition) is 0. The van der Waals surface area contributed by atoms with Crippen LogP contribution in [0.15, 0.2) is 0 Å². The minimum Gasteiger partial charge on any atom is -0.291 e. The topological polar surface area (TPSA) is 40.0 Å². The molecular weight excluding hydrogens is 100 g/mol. The van der Waals surface area contributed by atoms with Gasteiger partial charge in [-0.1, -0.05) is 13.3 Å². The normalized spacial score (nSPS) is 12.0. The van der Waals surface area contributed by atoms with Crippen LogP contribution >= 0.6 is 0 Å². The van der Waals surface area contributed by atoms with Crippen molar-refractivity contribution in [3.05, 3.63) is 0 Å². The van der Waals surface area contributed by atoms with Gasteiger partial charge in [0.05, 0.1) is 6.54 Å². The van der Waals surface area contributed by atoms with E-state index in [1.165, 1.54) is 12.8 Å². The second kappa shape index (κ2) is 4.62. The second-order valence-electron chi connectivity index (χ2n) is 1.96. The number of amidine groups is 1. The molecule has 2 heteroatoms. The maximum absolute atomic E-state index is 5.34. The van der Waals surface area contributed by atoms with E-state index in [9.17, 15) is 0 Å². The average Bonchev–Trinajstić information content (AvgIpc) is 1.66. The Morgan fingerprint density at radius 1 is 1.62 bits per heavy atom. The molecule has 0 aliphatic heterocycles. The molecule has 0 fully saturated rings. The minimum absolute atomic E-state index is 0.818. The lowest BCUT2D eigenvalue weighted by molar-refractivity contribution is -0.459. The summed E-state index contributed by atoms with van der Waals surface area (Å²) in [6, 6.07) is 0. The Balaban J connectivity index is 3.03. The lowest BCUT2D eigenvalue weighted by atomic mass is 10.3. The quantitative estimate of drug-likeness (QED) is 0.283. The fourth-order valence-electron chi connectivity index (χ4n) is 0.462. The van der Waals surface area contributed by atoms with E-state index in [-0.39, 0.29) is 0 Å². The first-order chi connectivity index (χ1) is 3.77. The predicted octanol–water partition coefficient (Wildman–Crippen LogP) is -0.756. The summed E-state index contributed by atoms with van der Waals surface area (Å²) < 4.78 is 0. The Hall–Kier alpha value is -0.530. The van der Waals surface area contributed by atoms with Crippen LogP contribution in [0.2, 0.25) is 0 Å². The molecular formula is C6H15N2+. The summed E-state index contributed by atoms with van der Waals surface area (Å²) in [4.78, 5) is 3.04. The zero-order valence-corrected chi connectivity index (χ0v) is 5.70. The minimum atomic E-state index is 0.818. The smallest absolute Gasteiger partial charge is 0.237 e. The van der Waals surface area contributed by atoms with Gasteiger partial charge in [0.25, 0.3) is 0 Å². The van der Waals surface area contributed by atoms with Crippen molar-refractivity contribution in [3.8, 4) is 0 Å². The highest BCUT2D eigenvalue weighted by Crippen LogP contribution is 1.76. The van der Waals surface area contributed by atoms with E-state index in [1.807, 2.05) is 6.92 Å². The third-order valence-corrected chi connectivity index (χ3v) is 0.934. The van der Waals surface area contributed by atoms with Crippen molar-refractivity contribution in [2.75, 3.05) is 6.54 Å². The summed E-state index contributed by atoms with van der Waals surface area (Å²) in [6.07, 6.45) is 2.43. The molecule has 0 radical (unpaired) electrons. The predicted molar refractivity (Wildman–Crippen MR) is 35.6 cm³/mol. The molecule has 0 aromatic carbocycles. The Morgan fingerprint density at radius 2 is 2.25 bits per heavy atom. The van der Waals surface area contributed by atoms with Crippen molar-refractivity contribution < 1.29 is 4.99 Å². The van der Waals surface area contributed by atoms with Crippen LogP contribution in [0.4, 0.5) is 0 Å². The van der Waals surface area contributed by atoms with E-state index < -0.39 is 0 Å². The standard InChI is InChI=1S/C6H14N2/c1-3-4-5-8-6(2)7/h3-5H2,1-2H3,(H2,7,8)/p+1. The first kappa shape index (κ1) is 7.47. The molecule has 0 aliphatic rings. The summed E-state index contributed by atoms with van der Waals surface area (Å²) in [5.74, 6) is 0.818. The molecule has 48 valence electrons. The Morgan fingerprint density at radius 3 is 2.62 bits per heavy atom. The molecule has 0 bridgehead atoms. The Bertz CT molecular complexity index is 72.6. The molecule has 0 atom stereocenters. The van der Waals surface area contributed by atoms with Crippen LogP contribution < -0.4 is 10.7 Å². The van der Waals surface area contributed by atoms with Gasteiger partial charge >= 0.3 is 0 Å². The Kier molecular flexibility index (Phi) is 4.32. The number of rotatable bonds is 3. The number of unbranched alkanes of at least 4 members (excludes halogenated alkanes) is 1. The highest BCUT2D eigenvalue weighted by atomic mass is 14.8. The molecule has 0 aromatic heterocycles. The Labute approximate surface area is 50.8 Å². The number of nitrogens with two attached hydrogens (primary N) is 1. The first-order valence-electron chi connectivity index (χ1n) is 3.10. The van der Waals surface area contributed by atoms with Gasteiger partial charge in [0.15, 0.2) is 0 Å². The van der Waals surface area contributed by atoms with E-state index in [4.69, 9.17) is 5.73 Å². The lowest BCUT2D eigenvalue weighted by Crippen LogP contribution is -2.74. The fourth-order valence-corrected chi connectivity index (χ4v) is 0.462. The van der Waals surface area contributed by atoms with Crippen molar-refractivity contribution >= 4 is 5.84 Å². The summed E-state index contributed by atoms with van der Waals surface area (Å²) in [5, 5.41) is 0. The molecule has 8 heavy (non-hydrogen) atoms. The maximum Gasteiger partial charge on any atom is 0.237 e. The summed E-state index contributed by atoms with van der Waals surface area (Å²) in [6.45, 7) is 5.04. The van der Waals surface area contributed by atoms with Crippen LogP contribution in [0, 0.1) is 0 Å². The molecule has 0 saturated carbocycles. The van der Waals surface area contributed by atoms with Gasteiger partial charge in [-0.2, -0.15) is 0 Å². The van der Waals surface area contributed by atoms with Crippen molar-refractivity contribution in [2.24, 2.45) is 5.73 Å².